The van der Waals surface area contributed by atoms with Gasteiger partial charge in [0, 0.05) is 26.1 Å². The van der Waals surface area contributed by atoms with Crippen molar-refractivity contribution < 1.29 is 22.7 Å². The Kier molecular flexibility index (Phi) is 8.44. The van der Waals surface area contributed by atoms with Crippen LogP contribution in [0.1, 0.15) is 45.1 Å². The maximum absolute atomic E-state index is 12.6. The molecule has 0 radical (unpaired) electrons. The first-order chi connectivity index (χ1) is 13.3. The van der Waals surface area contributed by atoms with Gasteiger partial charge in [-0.3, -0.25) is 9.59 Å². The molecule has 2 rings (SSSR count). The van der Waals surface area contributed by atoms with Crippen LogP contribution in [0, 0.1) is 5.92 Å². The van der Waals surface area contributed by atoms with E-state index in [1.807, 2.05) is 13.8 Å². The molecule has 1 saturated heterocycles. The second-order valence-electron chi connectivity index (χ2n) is 7.47. The van der Waals surface area contributed by atoms with Gasteiger partial charge in [0.2, 0.25) is 10.0 Å². The smallest absolute Gasteiger partial charge is 0.306 e. The first kappa shape index (κ1) is 22.4. The fraction of sp³-hybridized carbons (Fsp3) is 0.600. The van der Waals surface area contributed by atoms with Gasteiger partial charge in [-0.15, -0.1) is 0 Å². The molecule has 0 aliphatic carbocycles. The van der Waals surface area contributed by atoms with Gasteiger partial charge in [0.15, 0.2) is 6.61 Å². The third-order valence-corrected chi connectivity index (χ3v) is 6.48. The molecule has 0 atom stereocenters. The lowest BCUT2D eigenvalue weighted by Gasteiger charge is -2.25. The first-order valence-electron chi connectivity index (χ1n) is 9.80. The lowest BCUT2D eigenvalue weighted by Crippen LogP contribution is -2.35. The Morgan fingerprint density at radius 1 is 1.11 bits per heavy atom. The van der Waals surface area contributed by atoms with Crippen molar-refractivity contribution in [1.82, 2.24) is 9.62 Å². The minimum Gasteiger partial charge on any atom is -0.456 e. The summed E-state index contributed by atoms with van der Waals surface area (Å²) in [5, 5.41) is 2.68. The summed E-state index contributed by atoms with van der Waals surface area (Å²) in [6.45, 7) is 5.37. The molecule has 1 aliphatic heterocycles. The number of benzene rings is 1. The van der Waals surface area contributed by atoms with E-state index in [0.717, 1.165) is 24.8 Å². The predicted octanol–water partition coefficient (Wildman–Crippen LogP) is 2.11. The molecule has 1 aliphatic rings. The van der Waals surface area contributed by atoms with E-state index in [2.05, 4.69) is 5.32 Å². The molecule has 0 bridgehead atoms. The van der Waals surface area contributed by atoms with Crippen molar-refractivity contribution in [2.24, 2.45) is 5.92 Å². The van der Waals surface area contributed by atoms with E-state index in [0.29, 0.717) is 32.0 Å². The highest BCUT2D eigenvalue weighted by Crippen LogP contribution is 2.21. The zero-order valence-corrected chi connectivity index (χ0v) is 17.5. The number of nitrogens with zero attached hydrogens (tertiary/aromatic N) is 1. The number of esters is 1. The van der Waals surface area contributed by atoms with E-state index in [4.69, 9.17) is 4.74 Å². The Labute approximate surface area is 167 Å². The first-order valence-corrected chi connectivity index (χ1v) is 11.2. The van der Waals surface area contributed by atoms with E-state index in [1.165, 1.54) is 4.31 Å². The molecule has 28 heavy (non-hydrogen) atoms. The van der Waals surface area contributed by atoms with Gasteiger partial charge in [-0.25, -0.2) is 8.42 Å². The molecule has 0 aromatic heterocycles. The molecule has 7 nitrogen and oxygen atoms in total. The van der Waals surface area contributed by atoms with Gasteiger partial charge in [0.05, 0.1) is 4.90 Å². The summed E-state index contributed by atoms with van der Waals surface area (Å²) >= 11 is 0. The minimum atomic E-state index is -3.44. The van der Waals surface area contributed by atoms with Crippen molar-refractivity contribution in [3.8, 4) is 0 Å². The van der Waals surface area contributed by atoms with E-state index < -0.39 is 16.0 Å². The van der Waals surface area contributed by atoms with Gasteiger partial charge in [-0.1, -0.05) is 32.4 Å². The lowest BCUT2D eigenvalue weighted by molar-refractivity contribution is -0.148. The fourth-order valence-electron chi connectivity index (χ4n) is 2.92. The molecule has 1 heterocycles. The SMILES string of the molecule is CC(C)CNC(=O)COC(=O)CCc1ccc(S(=O)(=O)N2CCCCC2)cc1. The summed E-state index contributed by atoms with van der Waals surface area (Å²) in [6.07, 6.45) is 3.43. The Hall–Kier alpha value is -1.93. The molecule has 1 aromatic carbocycles. The van der Waals surface area contributed by atoms with Crippen LogP contribution in [-0.4, -0.2) is 50.8 Å². The summed E-state index contributed by atoms with van der Waals surface area (Å²) in [5.74, 6) is -0.430. The highest BCUT2D eigenvalue weighted by molar-refractivity contribution is 7.89. The zero-order valence-electron chi connectivity index (χ0n) is 16.6. The maximum atomic E-state index is 12.6. The second kappa shape index (κ2) is 10.6. The number of hydrogen-bond donors (Lipinski definition) is 1. The largest absolute Gasteiger partial charge is 0.456 e. The molecule has 8 heteroatoms. The van der Waals surface area contributed by atoms with Crippen LogP contribution in [0.15, 0.2) is 29.2 Å². The average Bonchev–Trinajstić information content (AvgIpc) is 2.70. The summed E-state index contributed by atoms with van der Waals surface area (Å²) in [5.41, 5.74) is 0.846. The number of piperidine rings is 1. The van der Waals surface area contributed by atoms with Gasteiger partial charge < -0.3 is 10.1 Å². The fourth-order valence-corrected chi connectivity index (χ4v) is 4.43. The van der Waals surface area contributed by atoms with E-state index in [-0.39, 0.29) is 23.8 Å². The quantitative estimate of drug-likeness (QED) is 0.630. The summed E-state index contributed by atoms with van der Waals surface area (Å²) in [6, 6.07) is 6.62. The number of sulfonamides is 1. The van der Waals surface area contributed by atoms with Crippen LogP contribution < -0.4 is 5.32 Å². The molecule has 0 saturated carbocycles. The molecule has 156 valence electrons. The number of ether oxygens (including phenoxy) is 1. The van der Waals surface area contributed by atoms with Crippen molar-refractivity contribution in [3.05, 3.63) is 29.8 Å². The highest BCUT2D eigenvalue weighted by atomic mass is 32.2. The zero-order chi connectivity index (χ0) is 20.6. The number of amides is 1. The average molecular weight is 411 g/mol. The Balaban J connectivity index is 1.79. The monoisotopic (exact) mass is 410 g/mol. The molecule has 0 spiro atoms. The molecule has 1 fully saturated rings. The highest BCUT2D eigenvalue weighted by Gasteiger charge is 2.25. The van der Waals surface area contributed by atoms with Crippen LogP contribution in [0.25, 0.3) is 0 Å². The third-order valence-electron chi connectivity index (χ3n) is 4.57. The summed E-state index contributed by atoms with van der Waals surface area (Å²) in [4.78, 5) is 23.6. The number of rotatable bonds is 9. The van der Waals surface area contributed by atoms with Crippen LogP contribution in [-0.2, 0) is 30.8 Å². The molecule has 1 amide bonds. The lowest BCUT2D eigenvalue weighted by atomic mass is 10.1. The Bertz CT molecular complexity index is 753. The maximum Gasteiger partial charge on any atom is 0.306 e. The predicted molar refractivity (Wildman–Crippen MR) is 106 cm³/mol. The minimum absolute atomic E-state index is 0.135. The topological polar surface area (TPSA) is 92.8 Å². The van der Waals surface area contributed by atoms with Crippen molar-refractivity contribution in [2.75, 3.05) is 26.2 Å². The van der Waals surface area contributed by atoms with E-state index in [1.54, 1.807) is 24.3 Å². The molecule has 0 unspecified atom stereocenters. The van der Waals surface area contributed by atoms with Crippen molar-refractivity contribution in [1.29, 1.82) is 0 Å². The molecule has 1 N–H and O–H groups in total. The number of carbonyl (C=O) groups excluding carboxylic acids is 2. The number of carbonyl (C=O) groups is 2. The third kappa shape index (κ3) is 6.91. The second-order valence-corrected chi connectivity index (χ2v) is 9.41. The summed E-state index contributed by atoms with van der Waals surface area (Å²) in [7, 11) is -3.44. The van der Waals surface area contributed by atoms with Crippen LogP contribution in [0.3, 0.4) is 0 Å². The number of hydrogen-bond acceptors (Lipinski definition) is 5. The normalized spacial score (nSPS) is 15.4. The molecular formula is C20H30N2O5S. The summed E-state index contributed by atoms with van der Waals surface area (Å²) < 4.78 is 31.7. The van der Waals surface area contributed by atoms with Gasteiger partial charge in [-0.2, -0.15) is 4.31 Å². The van der Waals surface area contributed by atoms with Gasteiger partial charge in [-0.05, 0) is 42.9 Å². The van der Waals surface area contributed by atoms with Gasteiger partial charge >= 0.3 is 5.97 Å². The standard InChI is InChI=1S/C20H30N2O5S/c1-16(2)14-21-19(23)15-27-20(24)11-8-17-6-9-18(10-7-17)28(25,26)22-12-4-3-5-13-22/h6-7,9-10,16H,3-5,8,11-15H2,1-2H3,(H,21,23). The number of nitrogens with one attached hydrogen (secondary N) is 1. The van der Waals surface area contributed by atoms with Gasteiger partial charge in [0.1, 0.15) is 0 Å². The van der Waals surface area contributed by atoms with E-state index >= 15 is 0 Å². The van der Waals surface area contributed by atoms with Crippen LogP contribution >= 0.6 is 0 Å². The van der Waals surface area contributed by atoms with Crippen LogP contribution in [0.5, 0.6) is 0 Å². The Morgan fingerprint density at radius 2 is 1.75 bits per heavy atom. The van der Waals surface area contributed by atoms with Crippen molar-refractivity contribution in [2.45, 2.75) is 50.8 Å². The number of aryl methyl sites for hydroxylation is 1. The van der Waals surface area contributed by atoms with Crippen molar-refractivity contribution >= 4 is 21.9 Å². The Morgan fingerprint density at radius 3 is 2.36 bits per heavy atom. The van der Waals surface area contributed by atoms with Gasteiger partial charge in [0.25, 0.3) is 5.91 Å². The van der Waals surface area contributed by atoms with Crippen LogP contribution in [0.4, 0.5) is 0 Å². The molecular weight excluding hydrogens is 380 g/mol. The molecule has 1 aromatic rings. The van der Waals surface area contributed by atoms with Crippen molar-refractivity contribution in [3.63, 3.8) is 0 Å². The van der Waals surface area contributed by atoms with E-state index in [9.17, 15) is 18.0 Å². The van der Waals surface area contributed by atoms with Crippen LogP contribution in [0.2, 0.25) is 0 Å².